The fraction of sp³-hybridized carbons (Fsp3) is 0.250. The van der Waals surface area contributed by atoms with Crippen LogP contribution in [-0.2, 0) is 16.0 Å². The van der Waals surface area contributed by atoms with Crippen LogP contribution in [0.5, 0.6) is 0 Å². The number of rotatable bonds is 6. The van der Waals surface area contributed by atoms with Crippen molar-refractivity contribution in [3.05, 3.63) is 69.2 Å². The normalized spacial score (nSPS) is 10.9. The number of methoxy groups -OCH3 is 1. The molecule has 0 heterocycles. The number of nitrogens with one attached hydrogen (secondary N) is 1. The van der Waals surface area contributed by atoms with E-state index in [2.05, 4.69) is 5.32 Å². The lowest BCUT2D eigenvalue weighted by Crippen LogP contribution is -2.43. The lowest BCUT2D eigenvalue weighted by Gasteiger charge is -2.17. The Bertz CT molecular complexity index is 817. The van der Waals surface area contributed by atoms with Gasteiger partial charge in [0.2, 0.25) is 0 Å². The first-order valence-corrected chi connectivity index (χ1v) is 9.24. The lowest BCUT2D eigenvalue weighted by molar-refractivity contribution is -0.142. The van der Waals surface area contributed by atoms with Gasteiger partial charge >= 0.3 is 11.9 Å². The van der Waals surface area contributed by atoms with E-state index in [4.69, 9.17) is 33.0 Å². The van der Waals surface area contributed by atoms with E-state index in [0.29, 0.717) is 5.56 Å². The summed E-state index contributed by atoms with van der Waals surface area (Å²) in [4.78, 5) is 35.4. The van der Waals surface area contributed by atoms with Crippen molar-refractivity contribution < 1.29 is 24.2 Å². The molecule has 0 aromatic heterocycles. The molecule has 2 aromatic rings. The molecule has 2 aromatic carbocycles. The minimum atomic E-state index is -1.05. The molecule has 6 nitrogen and oxygen atoms in total. The Morgan fingerprint density at radius 1 is 1.04 bits per heavy atom. The molecule has 2 rings (SSSR count). The molecular weight excluding hydrogens is 405 g/mol. The van der Waals surface area contributed by atoms with Gasteiger partial charge in [0.15, 0.2) is 0 Å². The molecule has 0 aliphatic heterocycles. The van der Waals surface area contributed by atoms with Crippen molar-refractivity contribution in [3.63, 3.8) is 0 Å². The maximum absolute atomic E-state index is 12.5. The monoisotopic (exact) mass is 425 g/mol. The number of hydrogen-bond donors (Lipinski definition) is 2. The third-order valence-electron chi connectivity index (χ3n) is 3.62. The van der Waals surface area contributed by atoms with Crippen LogP contribution in [0.15, 0.2) is 42.5 Å². The van der Waals surface area contributed by atoms with Gasteiger partial charge in [-0.1, -0.05) is 55.2 Å². The van der Waals surface area contributed by atoms with Crippen LogP contribution in [0, 0.1) is 0 Å². The maximum atomic E-state index is 12.5. The molecule has 0 saturated carbocycles. The number of carboxylic acid groups (broad SMARTS) is 1. The van der Waals surface area contributed by atoms with Crippen LogP contribution in [0.3, 0.4) is 0 Å². The maximum Gasteiger partial charge on any atom is 0.335 e. The zero-order chi connectivity index (χ0) is 21.3. The molecule has 2 N–H and O–H groups in total. The summed E-state index contributed by atoms with van der Waals surface area (Å²) >= 11 is 12.0. The van der Waals surface area contributed by atoms with Gasteiger partial charge in [0.1, 0.15) is 6.04 Å². The van der Waals surface area contributed by atoms with Gasteiger partial charge in [-0.15, -0.1) is 0 Å². The van der Waals surface area contributed by atoms with Crippen molar-refractivity contribution in [2.45, 2.75) is 26.3 Å². The molecule has 0 unspecified atom stereocenters. The third-order valence-corrected chi connectivity index (χ3v) is 4.25. The number of esters is 1. The van der Waals surface area contributed by atoms with Crippen LogP contribution >= 0.6 is 23.2 Å². The molecule has 0 fully saturated rings. The average Bonchev–Trinajstić information content (AvgIpc) is 2.68. The Balaban J connectivity index is 0.00000190. The van der Waals surface area contributed by atoms with E-state index in [0.717, 1.165) is 0 Å². The quantitative estimate of drug-likeness (QED) is 0.675. The van der Waals surface area contributed by atoms with E-state index < -0.39 is 23.9 Å². The van der Waals surface area contributed by atoms with E-state index in [9.17, 15) is 14.4 Å². The highest BCUT2D eigenvalue weighted by atomic mass is 35.5. The summed E-state index contributed by atoms with van der Waals surface area (Å²) in [5.74, 6) is -2.32. The molecule has 0 spiro atoms. The number of halogens is 2. The number of carboxylic acids is 1. The average molecular weight is 426 g/mol. The number of carbonyl (C=O) groups is 3. The van der Waals surface area contributed by atoms with E-state index in [-0.39, 0.29) is 27.6 Å². The standard InChI is InChI=1S/C18H15Cl2NO5.C2H6/c1-26-18(25)14(9-10-5-7-11(8-6-10)17(23)24)21-16(22)15-12(19)3-2-4-13(15)20;1-2/h2-8,14H,9H2,1H3,(H,21,22)(H,23,24);1-2H3/t14-;/m0./s1. The van der Waals surface area contributed by atoms with E-state index in [1.165, 1.54) is 31.4 Å². The van der Waals surface area contributed by atoms with Gasteiger partial charge in [0.05, 0.1) is 28.3 Å². The Labute approximate surface area is 173 Å². The Kier molecular flexibility index (Phi) is 9.48. The number of carbonyl (C=O) groups excluding carboxylic acids is 2. The summed E-state index contributed by atoms with van der Waals surface area (Å²) in [6, 6.07) is 9.60. The summed E-state index contributed by atoms with van der Waals surface area (Å²) in [6.07, 6.45) is 0.111. The van der Waals surface area contributed by atoms with Gasteiger partial charge in [-0.25, -0.2) is 9.59 Å². The number of amides is 1. The van der Waals surface area contributed by atoms with Gasteiger partial charge < -0.3 is 15.2 Å². The molecule has 28 heavy (non-hydrogen) atoms. The lowest BCUT2D eigenvalue weighted by atomic mass is 10.0. The second kappa shape index (κ2) is 11.3. The van der Waals surface area contributed by atoms with Crippen molar-refractivity contribution in [1.29, 1.82) is 0 Å². The molecule has 0 aliphatic carbocycles. The SMILES string of the molecule is CC.COC(=O)[C@H](Cc1ccc(C(=O)O)cc1)NC(=O)c1c(Cl)cccc1Cl. The molecule has 0 saturated heterocycles. The van der Waals surface area contributed by atoms with Gasteiger partial charge in [-0.05, 0) is 29.8 Å². The van der Waals surface area contributed by atoms with E-state index in [1.807, 2.05) is 13.8 Å². The topological polar surface area (TPSA) is 92.7 Å². The molecule has 150 valence electrons. The number of ether oxygens (including phenoxy) is 1. The van der Waals surface area contributed by atoms with Crippen LogP contribution in [0.2, 0.25) is 10.0 Å². The van der Waals surface area contributed by atoms with Crippen LogP contribution in [0.4, 0.5) is 0 Å². The third kappa shape index (κ3) is 6.25. The molecule has 1 amide bonds. The van der Waals surface area contributed by atoms with Crippen LogP contribution < -0.4 is 5.32 Å². The van der Waals surface area contributed by atoms with Crippen molar-refractivity contribution in [2.75, 3.05) is 7.11 Å². The number of hydrogen-bond acceptors (Lipinski definition) is 4. The number of benzene rings is 2. The highest BCUT2D eigenvalue weighted by Gasteiger charge is 2.25. The zero-order valence-corrected chi connectivity index (χ0v) is 17.2. The van der Waals surface area contributed by atoms with Crippen LogP contribution in [0.25, 0.3) is 0 Å². The molecule has 0 bridgehead atoms. The van der Waals surface area contributed by atoms with Crippen molar-refractivity contribution in [2.24, 2.45) is 0 Å². The summed E-state index contributed by atoms with van der Waals surface area (Å²) in [5, 5.41) is 11.8. The van der Waals surface area contributed by atoms with Gasteiger partial charge in [-0.2, -0.15) is 0 Å². The first kappa shape index (κ1) is 23.5. The molecule has 0 radical (unpaired) electrons. The van der Waals surface area contributed by atoms with Crippen LogP contribution in [0.1, 0.15) is 40.1 Å². The predicted molar refractivity (Wildman–Crippen MR) is 108 cm³/mol. The van der Waals surface area contributed by atoms with Crippen molar-refractivity contribution in [3.8, 4) is 0 Å². The van der Waals surface area contributed by atoms with Gasteiger partial charge in [-0.3, -0.25) is 4.79 Å². The minimum Gasteiger partial charge on any atom is -0.478 e. The Morgan fingerprint density at radius 3 is 2.04 bits per heavy atom. The van der Waals surface area contributed by atoms with E-state index in [1.54, 1.807) is 18.2 Å². The summed E-state index contributed by atoms with van der Waals surface area (Å²) < 4.78 is 4.73. The fourth-order valence-electron chi connectivity index (χ4n) is 2.30. The largest absolute Gasteiger partial charge is 0.478 e. The fourth-order valence-corrected chi connectivity index (χ4v) is 2.87. The smallest absolute Gasteiger partial charge is 0.335 e. The summed E-state index contributed by atoms with van der Waals surface area (Å²) in [5.41, 5.74) is 0.831. The zero-order valence-electron chi connectivity index (χ0n) is 15.7. The molecular formula is C20H21Cl2NO5. The second-order valence-corrected chi connectivity index (χ2v) is 6.17. The molecule has 0 aliphatic rings. The van der Waals surface area contributed by atoms with Crippen LogP contribution in [-0.4, -0.2) is 36.1 Å². The van der Waals surface area contributed by atoms with Crippen molar-refractivity contribution in [1.82, 2.24) is 5.32 Å². The van der Waals surface area contributed by atoms with E-state index >= 15 is 0 Å². The highest BCUT2D eigenvalue weighted by Crippen LogP contribution is 2.24. The van der Waals surface area contributed by atoms with Gasteiger partial charge in [0, 0.05) is 6.42 Å². The van der Waals surface area contributed by atoms with Crippen molar-refractivity contribution >= 4 is 41.0 Å². The molecule has 1 atom stereocenters. The summed E-state index contributed by atoms with van der Waals surface area (Å²) in [6.45, 7) is 4.00. The summed E-state index contributed by atoms with van der Waals surface area (Å²) in [7, 11) is 1.21. The predicted octanol–water partition coefficient (Wildman–Crippen LogP) is 4.23. The number of aromatic carboxylic acids is 1. The first-order valence-electron chi connectivity index (χ1n) is 8.48. The minimum absolute atomic E-state index is 0.0611. The second-order valence-electron chi connectivity index (χ2n) is 5.35. The Morgan fingerprint density at radius 2 is 1.57 bits per heavy atom. The molecule has 8 heteroatoms. The van der Waals surface area contributed by atoms with Gasteiger partial charge in [0.25, 0.3) is 5.91 Å². The first-order chi connectivity index (χ1) is 13.3. The highest BCUT2D eigenvalue weighted by molar-refractivity contribution is 6.39. The Hall–Kier alpha value is -2.57.